The molecule has 0 amide bonds. The van der Waals surface area contributed by atoms with E-state index in [0.717, 1.165) is 24.7 Å². The smallest absolute Gasteiger partial charge is 0.238 e. The molecule has 1 aliphatic carbocycles. The van der Waals surface area contributed by atoms with Crippen molar-refractivity contribution >= 4 is 21.7 Å². The molecule has 1 saturated carbocycles. The fourth-order valence-electron chi connectivity index (χ4n) is 2.53. The Kier molecular flexibility index (Phi) is 3.93. The molecule has 2 aromatic heterocycles. The fraction of sp³-hybridized carbons (Fsp3) is 0.188. The summed E-state index contributed by atoms with van der Waals surface area (Å²) in [4.78, 5) is 8.00. The number of H-pyrrole nitrogens is 1. The molecule has 1 aromatic carbocycles. The minimum Gasteiger partial charge on any atom is -0.321 e. The molecule has 8 nitrogen and oxygen atoms in total. The quantitative estimate of drug-likeness (QED) is 0.629. The van der Waals surface area contributed by atoms with Gasteiger partial charge in [0.15, 0.2) is 23.3 Å². The Hall–Kier alpha value is -2.85. The fourth-order valence-corrected chi connectivity index (χ4v) is 3.09. The third kappa shape index (κ3) is 3.41. The average Bonchev–Trinajstić information content (AvgIpc) is 3.36. The van der Waals surface area contributed by atoms with Gasteiger partial charge < -0.3 is 5.32 Å². The van der Waals surface area contributed by atoms with Gasteiger partial charge in [0.2, 0.25) is 10.0 Å². The van der Waals surface area contributed by atoms with E-state index < -0.39 is 15.8 Å². The molecule has 4 N–H and O–H groups in total. The van der Waals surface area contributed by atoms with E-state index in [1.807, 2.05) is 6.07 Å². The largest absolute Gasteiger partial charge is 0.321 e. The summed E-state index contributed by atoms with van der Waals surface area (Å²) in [7, 11) is -3.86. The number of nitrogens with two attached hydrogens (primary N) is 1. The third-order valence-electron chi connectivity index (χ3n) is 4.03. The Morgan fingerprint density at radius 3 is 2.81 bits per heavy atom. The SMILES string of the molecule is NS(=O)(=O)c1cccc(-c2ncc(F)c(Nc3cc(C4CC4)[nH]n3)n2)c1. The summed E-state index contributed by atoms with van der Waals surface area (Å²) in [6.07, 6.45) is 3.25. The molecule has 0 spiro atoms. The monoisotopic (exact) mass is 374 g/mol. The van der Waals surface area contributed by atoms with Crippen molar-refractivity contribution in [2.75, 3.05) is 5.32 Å². The molecular weight excluding hydrogens is 359 g/mol. The van der Waals surface area contributed by atoms with Gasteiger partial charge in [-0.15, -0.1) is 0 Å². The summed E-state index contributed by atoms with van der Waals surface area (Å²) in [5.41, 5.74) is 1.41. The number of primary sulfonamides is 1. The number of nitrogens with zero attached hydrogens (tertiary/aromatic N) is 3. The summed E-state index contributed by atoms with van der Waals surface area (Å²) < 4.78 is 37.1. The van der Waals surface area contributed by atoms with Crippen molar-refractivity contribution in [3.63, 3.8) is 0 Å². The van der Waals surface area contributed by atoms with E-state index in [1.165, 1.54) is 18.2 Å². The van der Waals surface area contributed by atoms with Crippen LogP contribution in [0.3, 0.4) is 0 Å². The first-order valence-corrected chi connectivity index (χ1v) is 9.43. The molecule has 0 saturated heterocycles. The maximum absolute atomic E-state index is 14.1. The van der Waals surface area contributed by atoms with Gasteiger partial charge in [-0.3, -0.25) is 5.10 Å². The van der Waals surface area contributed by atoms with Crippen molar-refractivity contribution in [3.8, 4) is 11.4 Å². The summed E-state index contributed by atoms with van der Waals surface area (Å²) >= 11 is 0. The normalized spacial score (nSPS) is 14.4. The van der Waals surface area contributed by atoms with Crippen LogP contribution in [0, 0.1) is 5.82 Å². The zero-order chi connectivity index (χ0) is 18.3. The lowest BCUT2D eigenvalue weighted by molar-refractivity contribution is 0.597. The number of hydrogen-bond donors (Lipinski definition) is 3. The minimum absolute atomic E-state index is 0.0511. The van der Waals surface area contributed by atoms with Crippen molar-refractivity contribution in [2.24, 2.45) is 5.14 Å². The van der Waals surface area contributed by atoms with Crippen LogP contribution in [0.5, 0.6) is 0 Å². The van der Waals surface area contributed by atoms with E-state index >= 15 is 0 Å². The Labute approximate surface area is 148 Å². The van der Waals surface area contributed by atoms with E-state index in [0.29, 0.717) is 17.3 Å². The summed E-state index contributed by atoms with van der Waals surface area (Å²) in [6, 6.07) is 7.66. The van der Waals surface area contributed by atoms with Crippen LogP contribution in [-0.2, 0) is 10.0 Å². The van der Waals surface area contributed by atoms with Crippen LogP contribution in [-0.4, -0.2) is 28.6 Å². The maximum atomic E-state index is 14.1. The van der Waals surface area contributed by atoms with Crippen molar-refractivity contribution in [2.45, 2.75) is 23.7 Å². The minimum atomic E-state index is -3.86. The Balaban J connectivity index is 1.65. The van der Waals surface area contributed by atoms with E-state index in [-0.39, 0.29) is 16.5 Å². The summed E-state index contributed by atoms with van der Waals surface area (Å²) in [5, 5.41) is 15.0. The average molecular weight is 374 g/mol. The molecular formula is C16H15FN6O2S. The van der Waals surface area contributed by atoms with Crippen LogP contribution in [0.1, 0.15) is 24.5 Å². The van der Waals surface area contributed by atoms with Crippen LogP contribution in [0.15, 0.2) is 41.4 Å². The molecule has 1 fully saturated rings. The van der Waals surface area contributed by atoms with E-state index in [4.69, 9.17) is 5.14 Å². The Morgan fingerprint density at radius 2 is 2.08 bits per heavy atom. The number of benzene rings is 1. The number of aromatic amines is 1. The summed E-state index contributed by atoms with van der Waals surface area (Å²) in [6.45, 7) is 0. The van der Waals surface area contributed by atoms with Crippen LogP contribution in [0.2, 0.25) is 0 Å². The van der Waals surface area contributed by atoms with Gasteiger partial charge in [-0.2, -0.15) is 5.10 Å². The highest BCUT2D eigenvalue weighted by Crippen LogP contribution is 2.39. The van der Waals surface area contributed by atoms with Crippen molar-refractivity contribution < 1.29 is 12.8 Å². The molecule has 0 aliphatic heterocycles. The summed E-state index contributed by atoms with van der Waals surface area (Å²) in [5.74, 6) is 0.410. The van der Waals surface area contributed by atoms with Gasteiger partial charge in [-0.25, -0.2) is 27.9 Å². The highest BCUT2D eigenvalue weighted by atomic mass is 32.2. The molecule has 3 aromatic rings. The lowest BCUT2D eigenvalue weighted by Gasteiger charge is -2.07. The molecule has 0 bridgehead atoms. The van der Waals surface area contributed by atoms with E-state index in [1.54, 1.807) is 6.07 Å². The first-order valence-electron chi connectivity index (χ1n) is 7.88. The van der Waals surface area contributed by atoms with Gasteiger partial charge in [0.1, 0.15) is 0 Å². The second-order valence-electron chi connectivity index (χ2n) is 6.07. The molecule has 1 aliphatic rings. The number of rotatable bonds is 5. The molecule has 26 heavy (non-hydrogen) atoms. The standard InChI is InChI=1S/C16H15FN6O2S/c17-12-8-19-15(10-2-1-3-11(6-10)26(18,24)25)21-16(12)20-14-7-13(22-23-14)9-4-5-9/h1-3,6-9H,4-5H2,(H2,18,24,25)(H2,19,20,21,22,23). The number of sulfonamides is 1. The van der Waals surface area contributed by atoms with Crippen LogP contribution < -0.4 is 10.5 Å². The molecule has 0 radical (unpaired) electrons. The molecule has 134 valence electrons. The van der Waals surface area contributed by atoms with E-state index in [9.17, 15) is 12.8 Å². The van der Waals surface area contributed by atoms with Crippen molar-refractivity contribution in [1.82, 2.24) is 20.2 Å². The molecule has 2 heterocycles. The van der Waals surface area contributed by atoms with Crippen molar-refractivity contribution in [3.05, 3.63) is 48.0 Å². The number of anilines is 2. The van der Waals surface area contributed by atoms with Crippen LogP contribution >= 0.6 is 0 Å². The number of aromatic nitrogens is 4. The highest BCUT2D eigenvalue weighted by Gasteiger charge is 2.25. The zero-order valence-corrected chi connectivity index (χ0v) is 14.3. The predicted molar refractivity (Wildman–Crippen MR) is 92.6 cm³/mol. The van der Waals surface area contributed by atoms with Crippen molar-refractivity contribution in [1.29, 1.82) is 0 Å². The lowest BCUT2D eigenvalue weighted by Crippen LogP contribution is -2.12. The van der Waals surface area contributed by atoms with Crippen LogP contribution in [0.4, 0.5) is 16.0 Å². The molecule has 4 rings (SSSR count). The number of hydrogen-bond acceptors (Lipinski definition) is 6. The number of nitrogens with one attached hydrogen (secondary N) is 2. The zero-order valence-electron chi connectivity index (χ0n) is 13.5. The Bertz CT molecular complexity index is 1080. The second kappa shape index (κ2) is 6.15. The lowest BCUT2D eigenvalue weighted by atomic mass is 10.2. The van der Waals surface area contributed by atoms with E-state index in [2.05, 4.69) is 25.5 Å². The molecule has 0 atom stereocenters. The molecule has 10 heteroatoms. The van der Waals surface area contributed by atoms with Gasteiger partial charge in [0, 0.05) is 23.2 Å². The maximum Gasteiger partial charge on any atom is 0.238 e. The van der Waals surface area contributed by atoms with Gasteiger partial charge in [-0.1, -0.05) is 12.1 Å². The highest BCUT2D eigenvalue weighted by molar-refractivity contribution is 7.89. The topological polar surface area (TPSA) is 127 Å². The molecule has 0 unspecified atom stereocenters. The predicted octanol–water partition coefficient (Wildman–Crippen LogP) is 2.27. The van der Waals surface area contributed by atoms with Gasteiger partial charge >= 0.3 is 0 Å². The van der Waals surface area contributed by atoms with Crippen LogP contribution in [0.25, 0.3) is 11.4 Å². The van der Waals surface area contributed by atoms with Gasteiger partial charge in [-0.05, 0) is 25.0 Å². The number of halogens is 1. The first-order chi connectivity index (χ1) is 12.4. The Morgan fingerprint density at radius 1 is 1.27 bits per heavy atom. The third-order valence-corrected chi connectivity index (χ3v) is 4.94. The first kappa shape index (κ1) is 16.6. The van der Waals surface area contributed by atoms with Gasteiger partial charge in [0.05, 0.1) is 11.1 Å². The van der Waals surface area contributed by atoms with Gasteiger partial charge in [0.25, 0.3) is 0 Å². The second-order valence-corrected chi connectivity index (χ2v) is 7.63.